The number of hydrogen-bond acceptors (Lipinski definition) is 3. The lowest BCUT2D eigenvalue weighted by molar-refractivity contribution is -0.137. The van der Waals surface area contributed by atoms with Gasteiger partial charge < -0.3 is 14.6 Å². The van der Waals surface area contributed by atoms with Gasteiger partial charge in [0, 0.05) is 6.42 Å². The van der Waals surface area contributed by atoms with E-state index in [9.17, 15) is 4.79 Å². The van der Waals surface area contributed by atoms with Crippen molar-refractivity contribution in [1.82, 2.24) is 0 Å². The summed E-state index contributed by atoms with van der Waals surface area (Å²) in [7, 11) is 1.57. The summed E-state index contributed by atoms with van der Waals surface area (Å²) in [6.07, 6.45) is 0.614. The summed E-state index contributed by atoms with van der Waals surface area (Å²) in [5, 5.41) is 8.43. The molecule has 4 heteroatoms. The summed E-state index contributed by atoms with van der Waals surface area (Å²) in [4.78, 5) is 10.3. The second-order valence-corrected chi connectivity index (χ2v) is 3.00. The molecule has 1 aromatic carbocycles. The summed E-state index contributed by atoms with van der Waals surface area (Å²) in [5.74, 6) is 0.497. The van der Waals surface area contributed by atoms with Crippen molar-refractivity contribution in [3.05, 3.63) is 24.3 Å². The molecule has 0 bridgehead atoms. The van der Waals surface area contributed by atoms with Gasteiger partial charge in [0.25, 0.3) is 0 Å². The van der Waals surface area contributed by atoms with Crippen LogP contribution in [0.4, 0.5) is 0 Å². The van der Waals surface area contributed by atoms with E-state index in [1.165, 1.54) is 0 Å². The van der Waals surface area contributed by atoms with Crippen molar-refractivity contribution in [3.63, 3.8) is 0 Å². The maximum absolute atomic E-state index is 10.3. The van der Waals surface area contributed by atoms with Crippen LogP contribution in [0.5, 0.6) is 11.5 Å². The molecule has 0 aliphatic heterocycles. The zero-order chi connectivity index (χ0) is 11.1. The van der Waals surface area contributed by atoms with Crippen LogP contribution in [-0.2, 0) is 4.79 Å². The number of aliphatic carboxylic acids is 1. The number of ether oxygens (including phenoxy) is 2. The fourth-order valence-corrected chi connectivity index (χ4v) is 1.14. The number of hydrogen-bond donors (Lipinski definition) is 1. The van der Waals surface area contributed by atoms with E-state index in [4.69, 9.17) is 14.6 Å². The fraction of sp³-hybridized carbons (Fsp3) is 0.364. The first-order valence-electron chi connectivity index (χ1n) is 4.71. The Labute approximate surface area is 88.4 Å². The van der Waals surface area contributed by atoms with E-state index >= 15 is 0 Å². The van der Waals surface area contributed by atoms with Gasteiger partial charge in [-0.3, -0.25) is 4.79 Å². The Morgan fingerprint density at radius 1 is 1.33 bits per heavy atom. The number of para-hydroxylation sites is 2. The molecule has 0 amide bonds. The van der Waals surface area contributed by atoms with Gasteiger partial charge in [-0.25, -0.2) is 0 Å². The van der Waals surface area contributed by atoms with Crippen LogP contribution in [-0.4, -0.2) is 24.8 Å². The highest BCUT2D eigenvalue weighted by atomic mass is 16.5. The SMILES string of the molecule is COc1ccccc1OCCCC(=O)O. The van der Waals surface area contributed by atoms with E-state index in [-0.39, 0.29) is 6.42 Å². The minimum Gasteiger partial charge on any atom is -0.493 e. The van der Waals surface area contributed by atoms with Crippen molar-refractivity contribution < 1.29 is 19.4 Å². The predicted molar refractivity (Wildman–Crippen MR) is 55.4 cm³/mol. The molecule has 82 valence electrons. The van der Waals surface area contributed by atoms with E-state index in [0.717, 1.165) is 0 Å². The maximum Gasteiger partial charge on any atom is 0.303 e. The molecule has 0 fully saturated rings. The average molecular weight is 210 g/mol. The van der Waals surface area contributed by atoms with E-state index < -0.39 is 5.97 Å². The Bertz CT molecular complexity index is 322. The lowest BCUT2D eigenvalue weighted by atomic mass is 10.3. The molecule has 15 heavy (non-hydrogen) atoms. The molecular formula is C11H14O4. The molecule has 0 aliphatic carbocycles. The van der Waals surface area contributed by atoms with Gasteiger partial charge in [0.15, 0.2) is 11.5 Å². The fourth-order valence-electron chi connectivity index (χ4n) is 1.14. The highest BCUT2D eigenvalue weighted by Gasteiger charge is 2.02. The third kappa shape index (κ3) is 3.89. The van der Waals surface area contributed by atoms with E-state index in [1.807, 2.05) is 12.1 Å². The first-order chi connectivity index (χ1) is 7.24. The topological polar surface area (TPSA) is 55.8 Å². The number of methoxy groups -OCH3 is 1. The highest BCUT2D eigenvalue weighted by Crippen LogP contribution is 2.25. The minimum absolute atomic E-state index is 0.120. The average Bonchev–Trinajstić information content (AvgIpc) is 2.24. The molecule has 0 saturated carbocycles. The lowest BCUT2D eigenvalue weighted by Crippen LogP contribution is -2.02. The Morgan fingerprint density at radius 3 is 2.60 bits per heavy atom. The number of benzene rings is 1. The Kier molecular flexibility index (Phi) is 4.47. The largest absolute Gasteiger partial charge is 0.493 e. The van der Waals surface area contributed by atoms with Crippen LogP contribution in [0.3, 0.4) is 0 Å². The molecule has 1 aromatic rings. The molecule has 0 heterocycles. The molecule has 0 saturated heterocycles. The minimum atomic E-state index is -0.807. The molecule has 0 radical (unpaired) electrons. The Hall–Kier alpha value is -1.71. The molecule has 1 rings (SSSR count). The monoisotopic (exact) mass is 210 g/mol. The zero-order valence-electron chi connectivity index (χ0n) is 8.60. The lowest BCUT2D eigenvalue weighted by Gasteiger charge is -2.09. The maximum atomic E-state index is 10.3. The van der Waals surface area contributed by atoms with Gasteiger partial charge in [0.2, 0.25) is 0 Å². The van der Waals surface area contributed by atoms with Crippen LogP contribution in [0.1, 0.15) is 12.8 Å². The van der Waals surface area contributed by atoms with Crippen LogP contribution >= 0.6 is 0 Å². The first kappa shape index (κ1) is 11.4. The Balaban J connectivity index is 2.39. The molecular weight excluding hydrogens is 196 g/mol. The van der Waals surface area contributed by atoms with Gasteiger partial charge in [-0.15, -0.1) is 0 Å². The number of carboxylic acid groups (broad SMARTS) is 1. The summed E-state index contributed by atoms with van der Waals surface area (Å²) in [6, 6.07) is 7.28. The van der Waals surface area contributed by atoms with Gasteiger partial charge in [0.05, 0.1) is 13.7 Å². The third-order valence-electron chi connectivity index (χ3n) is 1.86. The first-order valence-corrected chi connectivity index (χ1v) is 4.71. The van der Waals surface area contributed by atoms with Crippen molar-refractivity contribution in [1.29, 1.82) is 0 Å². The van der Waals surface area contributed by atoms with Gasteiger partial charge in [0.1, 0.15) is 0 Å². The summed E-state index contributed by atoms with van der Waals surface area (Å²) >= 11 is 0. The third-order valence-corrected chi connectivity index (χ3v) is 1.86. The van der Waals surface area contributed by atoms with Gasteiger partial charge in [-0.2, -0.15) is 0 Å². The molecule has 0 aromatic heterocycles. The molecule has 0 aliphatic rings. The molecule has 0 unspecified atom stereocenters. The summed E-state index contributed by atoms with van der Waals surface area (Å²) < 4.78 is 10.5. The number of carboxylic acids is 1. The molecule has 1 N–H and O–H groups in total. The smallest absolute Gasteiger partial charge is 0.303 e. The van der Waals surface area contributed by atoms with Crippen LogP contribution in [0.25, 0.3) is 0 Å². The van der Waals surface area contributed by atoms with E-state index in [2.05, 4.69) is 0 Å². The van der Waals surface area contributed by atoms with E-state index in [1.54, 1.807) is 19.2 Å². The van der Waals surface area contributed by atoms with Crippen LogP contribution in [0.2, 0.25) is 0 Å². The van der Waals surface area contributed by atoms with Crippen molar-refractivity contribution in [2.45, 2.75) is 12.8 Å². The second-order valence-electron chi connectivity index (χ2n) is 3.00. The molecule has 0 spiro atoms. The van der Waals surface area contributed by atoms with Crippen LogP contribution < -0.4 is 9.47 Å². The summed E-state index contributed by atoms with van der Waals surface area (Å²) in [5.41, 5.74) is 0. The standard InChI is InChI=1S/C11H14O4/c1-14-9-5-2-3-6-10(9)15-8-4-7-11(12)13/h2-3,5-6H,4,7-8H2,1H3,(H,12,13). The predicted octanol–water partition coefficient (Wildman–Crippen LogP) is 1.94. The van der Waals surface area contributed by atoms with Crippen LogP contribution in [0.15, 0.2) is 24.3 Å². The Morgan fingerprint density at radius 2 is 2.00 bits per heavy atom. The van der Waals surface area contributed by atoms with E-state index in [0.29, 0.717) is 24.5 Å². The van der Waals surface area contributed by atoms with Crippen molar-refractivity contribution >= 4 is 5.97 Å². The molecule has 0 atom stereocenters. The number of carbonyl (C=O) groups is 1. The van der Waals surface area contributed by atoms with Gasteiger partial charge >= 0.3 is 5.97 Å². The van der Waals surface area contributed by atoms with Crippen LogP contribution in [0, 0.1) is 0 Å². The quantitative estimate of drug-likeness (QED) is 0.729. The second kappa shape index (κ2) is 5.90. The zero-order valence-corrected chi connectivity index (χ0v) is 8.60. The van der Waals surface area contributed by atoms with Crippen molar-refractivity contribution in [2.75, 3.05) is 13.7 Å². The normalized spacial score (nSPS) is 9.67. The van der Waals surface area contributed by atoms with Crippen molar-refractivity contribution in [3.8, 4) is 11.5 Å². The van der Waals surface area contributed by atoms with Crippen molar-refractivity contribution in [2.24, 2.45) is 0 Å². The van der Waals surface area contributed by atoms with Gasteiger partial charge in [-0.05, 0) is 18.6 Å². The highest BCUT2D eigenvalue weighted by molar-refractivity contribution is 5.66. The molecule has 4 nitrogen and oxygen atoms in total. The van der Waals surface area contributed by atoms with Gasteiger partial charge in [-0.1, -0.05) is 12.1 Å². The number of rotatable bonds is 6. The summed E-state index contributed by atoms with van der Waals surface area (Å²) in [6.45, 7) is 0.382.